The number of amides is 1. The lowest BCUT2D eigenvalue weighted by Gasteiger charge is -2.34. The second-order valence-electron chi connectivity index (χ2n) is 10.3. The molecule has 1 saturated heterocycles. The molecule has 202 valence electrons. The van der Waals surface area contributed by atoms with Crippen molar-refractivity contribution in [1.29, 1.82) is 0 Å². The third-order valence-electron chi connectivity index (χ3n) is 7.35. The van der Waals surface area contributed by atoms with Gasteiger partial charge in [-0.05, 0) is 74.3 Å². The molecule has 0 aliphatic carbocycles. The molecule has 0 spiro atoms. The molecule has 8 nitrogen and oxygen atoms in total. The van der Waals surface area contributed by atoms with E-state index in [9.17, 15) is 4.79 Å². The maximum absolute atomic E-state index is 13.5. The summed E-state index contributed by atoms with van der Waals surface area (Å²) in [5.41, 5.74) is 5.14. The van der Waals surface area contributed by atoms with Crippen LogP contribution in [0.2, 0.25) is 0 Å². The average molecular weight is 533 g/mol. The minimum absolute atomic E-state index is 0.201. The summed E-state index contributed by atoms with van der Waals surface area (Å²) in [6, 6.07) is 19.6. The molecule has 2 aromatic heterocycles. The molecule has 6 rings (SSSR count). The SMILES string of the molecule is Cc1cn(-c2cc(NC(=O)c3ccc(C)c(Oc4cccc5ccncc45)c3)cc(N3CCN(C)CC3)c2)cn1. The van der Waals surface area contributed by atoms with Crippen molar-refractivity contribution in [2.75, 3.05) is 43.4 Å². The van der Waals surface area contributed by atoms with Gasteiger partial charge in [-0.3, -0.25) is 9.78 Å². The summed E-state index contributed by atoms with van der Waals surface area (Å²) in [5.74, 6) is 1.13. The summed E-state index contributed by atoms with van der Waals surface area (Å²) in [4.78, 5) is 26.8. The number of nitrogens with one attached hydrogen (secondary N) is 1. The van der Waals surface area contributed by atoms with Gasteiger partial charge in [0.25, 0.3) is 5.91 Å². The van der Waals surface area contributed by atoms with Crippen molar-refractivity contribution < 1.29 is 9.53 Å². The maximum Gasteiger partial charge on any atom is 0.255 e. The van der Waals surface area contributed by atoms with Crippen molar-refractivity contribution in [3.8, 4) is 17.2 Å². The largest absolute Gasteiger partial charge is 0.456 e. The van der Waals surface area contributed by atoms with Gasteiger partial charge in [0.05, 0.1) is 17.7 Å². The molecule has 0 atom stereocenters. The third-order valence-corrected chi connectivity index (χ3v) is 7.35. The lowest BCUT2D eigenvalue weighted by molar-refractivity contribution is 0.102. The number of likely N-dealkylation sites (N-methyl/N-ethyl adjacent to an activating group) is 1. The Morgan fingerprint density at radius 2 is 1.75 bits per heavy atom. The molecule has 0 radical (unpaired) electrons. The summed E-state index contributed by atoms with van der Waals surface area (Å²) in [6.45, 7) is 7.79. The van der Waals surface area contributed by atoms with Crippen molar-refractivity contribution in [1.82, 2.24) is 19.4 Å². The van der Waals surface area contributed by atoms with E-state index in [0.29, 0.717) is 17.1 Å². The van der Waals surface area contributed by atoms with E-state index < -0.39 is 0 Å². The predicted octanol–water partition coefficient (Wildman–Crippen LogP) is 5.83. The lowest BCUT2D eigenvalue weighted by Crippen LogP contribution is -2.44. The van der Waals surface area contributed by atoms with E-state index >= 15 is 0 Å². The summed E-state index contributed by atoms with van der Waals surface area (Å²) >= 11 is 0. The Morgan fingerprint density at radius 3 is 2.55 bits per heavy atom. The molecule has 40 heavy (non-hydrogen) atoms. The molecule has 1 aliphatic rings. The molecular weight excluding hydrogens is 500 g/mol. The number of nitrogens with zero attached hydrogens (tertiary/aromatic N) is 5. The number of benzene rings is 3. The van der Waals surface area contributed by atoms with E-state index in [1.54, 1.807) is 24.8 Å². The molecule has 0 unspecified atom stereocenters. The monoisotopic (exact) mass is 532 g/mol. The molecule has 1 amide bonds. The Balaban J connectivity index is 1.29. The highest BCUT2D eigenvalue weighted by Gasteiger charge is 2.18. The van der Waals surface area contributed by atoms with Crippen molar-refractivity contribution >= 4 is 28.1 Å². The van der Waals surface area contributed by atoms with Crippen LogP contribution >= 0.6 is 0 Å². The minimum Gasteiger partial charge on any atom is -0.456 e. The first-order valence-electron chi connectivity index (χ1n) is 13.4. The zero-order valence-electron chi connectivity index (χ0n) is 23.0. The molecule has 1 N–H and O–H groups in total. The zero-order chi connectivity index (χ0) is 27.6. The number of carbonyl (C=O) groups is 1. The summed E-state index contributed by atoms with van der Waals surface area (Å²) in [5, 5.41) is 5.09. The van der Waals surface area contributed by atoms with Crippen molar-refractivity contribution in [2.24, 2.45) is 0 Å². The highest BCUT2D eigenvalue weighted by Crippen LogP contribution is 2.32. The molecule has 3 aromatic carbocycles. The van der Waals surface area contributed by atoms with Crippen molar-refractivity contribution in [2.45, 2.75) is 13.8 Å². The first-order chi connectivity index (χ1) is 19.4. The molecular formula is C32H32N6O2. The number of fused-ring (bicyclic) bond motifs is 1. The van der Waals surface area contributed by atoms with E-state index in [1.807, 2.05) is 73.1 Å². The van der Waals surface area contributed by atoms with Gasteiger partial charge in [-0.1, -0.05) is 18.2 Å². The van der Waals surface area contributed by atoms with Gasteiger partial charge in [0.15, 0.2) is 0 Å². The summed E-state index contributed by atoms with van der Waals surface area (Å²) in [7, 11) is 2.14. The van der Waals surface area contributed by atoms with E-state index in [0.717, 1.165) is 65.3 Å². The van der Waals surface area contributed by atoms with Gasteiger partial charge < -0.3 is 24.4 Å². The fourth-order valence-electron chi connectivity index (χ4n) is 4.97. The molecule has 5 aromatic rings. The van der Waals surface area contributed by atoms with Gasteiger partial charge >= 0.3 is 0 Å². The quantitative estimate of drug-likeness (QED) is 0.296. The van der Waals surface area contributed by atoms with E-state index in [4.69, 9.17) is 4.74 Å². The molecule has 1 fully saturated rings. The first-order valence-corrected chi connectivity index (χ1v) is 13.4. The van der Waals surface area contributed by atoms with E-state index in [1.165, 1.54) is 0 Å². The number of carbonyl (C=O) groups excluding carboxylic acids is 1. The van der Waals surface area contributed by atoms with E-state index in [2.05, 4.69) is 38.2 Å². The Hall–Kier alpha value is -4.69. The average Bonchev–Trinajstić information content (AvgIpc) is 3.41. The number of ether oxygens (including phenoxy) is 1. The Kier molecular flexibility index (Phi) is 6.92. The molecule has 1 aliphatic heterocycles. The van der Waals surface area contributed by atoms with Gasteiger partial charge in [-0.2, -0.15) is 0 Å². The van der Waals surface area contributed by atoms with Crippen LogP contribution in [0.15, 0.2) is 85.6 Å². The van der Waals surface area contributed by atoms with Crippen LogP contribution < -0.4 is 15.0 Å². The Labute approximate surface area is 233 Å². The highest BCUT2D eigenvalue weighted by molar-refractivity contribution is 6.05. The zero-order valence-corrected chi connectivity index (χ0v) is 23.0. The van der Waals surface area contributed by atoms with Crippen LogP contribution in [0.1, 0.15) is 21.6 Å². The van der Waals surface area contributed by atoms with Gasteiger partial charge in [0.1, 0.15) is 11.5 Å². The maximum atomic E-state index is 13.5. The van der Waals surface area contributed by atoms with Crippen LogP contribution in [-0.4, -0.2) is 58.6 Å². The van der Waals surface area contributed by atoms with Crippen LogP contribution in [0.4, 0.5) is 11.4 Å². The predicted molar refractivity (Wildman–Crippen MR) is 159 cm³/mol. The van der Waals surface area contributed by atoms with Crippen molar-refractivity contribution in [3.05, 3.63) is 102 Å². The van der Waals surface area contributed by atoms with Gasteiger partial charge in [0.2, 0.25) is 0 Å². The number of hydrogen-bond acceptors (Lipinski definition) is 6. The Morgan fingerprint density at radius 1 is 0.925 bits per heavy atom. The number of hydrogen-bond donors (Lipinski definition) is 1. The Bertz CT molecular complexity index is 1680. The summed E-state index contributed by atoms with van der Waals surface area (Å²) in [6.07, 6.45) is 7.35. The second kappa shape index (κ2) is 10.8. The summed E-state index contributed by atoms with van der Waals surface area (Å²) < 4.78 is 8.30. The number of aryl methyl sites for hydroxylation is 2. The lowest BCUT2D eigenvalue weighted by atomic mass is 10.1. The van der Waals surface area contributed by atoms with Crippen LogP contribution in [0.3, 0.4) is 0 Å². The second-order valence-corrected chi connectivity index (χ2v) is 10.3. The topological polar surface area (TPSA) is 75.5 Å². The molecule has 3 heterocycles. The number of aromatic nitrogens is 3. The third kappa shape index (κ3) is 5.39. The van der Waals surface area contributed by atoms with Crippen LogP contribution in [0.5, 0.6) is 11.5 Å². The van der Waals surface area contributed by atoms with Gasteiger partial charge in [0, 0.05) is 67.1 Å². The van der Waals surface area contributed by atoms with Crippen LogP contribution in [0, 0.1) is 13.8 Å². The highest BCUT2D eigenvalue weighted by atomic mass is 16.5. The number of rotatable bonds is 6. The smallest absolute Gasteiger partial charge is 0.255 e. The minimum atomic E-state index is -0.201. The fourth-order valence-corrected chi connectivity index (χ4v) is 4.97. The van der Waals surface area contributed by atoms with E-state index in [-0.39, 0.29) is 5.91 Å². The number of anilines is 2. The number of imidazole rings is 1. The molecule has 0 saturated carbocycles. The number of pyridine rings is 1. The normalized spacial score (nSPS) is 13.9. The first kappa shape index (κ1) is 25.6. The molecule has 0 bridgehead atoms. The van der Waals surface area contributed by atoms with Gasteiger partial charge in [-0.15, -0.1) is 0 Å². The van der Waals surface area contributed by atoms with Gasteiger partial charge in [-0.25, -0.2) is 4.98 Å². The standard InChI is InChI=1S/C32H32N6O2/c1-22-7-8-25(15-31(22)40-30-6-4-5-24-9-10-33-19-29(24)30)32(39)35-26-16-27(37-13-11-36(3)12-14-37)18-28(17-26)38-20-23(2)34-21-38/h4-10,15-21H,11-14H2,1-3H3,(H,35,39). The van der Waals surface area contributed by atoms with Crippen molar-refractivity contribution in [3.63, 3.8) is 0 Å². The fraction of sp³-hybridized carbons (Fsp3) is 0.219. The van der Waals surface area contributed by atoms with Crippen LogP contribution in [0.25, 0.3) is 16.5 Å². The number of piperazine rings is 1. The van der Waals surface area contributed by atoms with Crippen LogP contribution in [-0.2, 0) is 0 Å². The molecule has 8 heteroatoms.